The second-order valence-corrected chi connectivity index (χ2v) is 4.17. The summed E-state index contributed by atoms with van der Waals surface area (Å²) >= 11 is 0. The van der Waals surface area contributed by atoms with E-state index in [0.29, 0.717) is 19.8 Å². The minimum atomic E-state index is 0.566. The van der Waals surface area contributed by atoms with Crippen molar-refractivity contribution in [3.05, 3.63) is 42.5 Å². The molecule has 0 spiro atoms. The van der Waals surface area contributed by atoms with Crippen LogP contribution < -0.4 is 10.1 Å². The molecule has 19 heavy (non-hydrogen) atoms. The van der Waals surface area contributed by atoms with Crippen molar-refractivity contribution >= 4 is 5.69 Å². The monoisotopic (exact) mass is 261 g/mol. The summed E-state index contributed by atoms with van der Waals surface area (Å²) in [6, 6.07) is 7.86. The maximum atomic E-state index is 5.50. The molecule has 0 atom stereocenters. The van der Waals surface area contributed by atoms with Crippen LogP contribution in [0.1, 0.15) is 5.82 Å². The summed E-state index contributed by atoms with van der Waals surface area (Å²) in [5.74, 6) is 1.85. The highest BCUT2D eigenvalue weighted by Gasteiger charge is 1.99. The number of methoxy groups -OCH3 is 1. The van der Waals surface area contributed by atoms with Crippen molar-refractivity contribution < 1.29 is 9.47 Å². The van der Waals surface area contributed by atoms with Gasteiger partial charge in [0.15, 0.2) is 0 Å². The van der Waals surface area contributed by atoms with Gasteiger partial charge in [-0.2, -0.15) is 0 Å². The normalized spacial score (nSPS) is 10.4. The highest BCUT2D eigenvalue weighted by Crippen LogP contribution is 2.16. The van der Waals surface area contributed by atoms with E-state index in [1.54, 1.807) is 13.3 Å². The fraction of sp³-hybridized carbons (Fsp3) is 0.357. The lowest BCUT2D eigenvalue weighted by atomic mass is 10.3. The summed E-state index contributed by atoms with van der Waals surface area (Å²) in [5.41, 5.74) is 1.04. The quantitative estimate of drug-likeness (QED) is 0.775. The van der Waals surface area contributed by atoms with Crippen LogP contribution in [0.15, 0.2) is 36.7 Å². The highest BCUT2D eigenvalue weighted by molar-refractivity contribution is 5.46. The lowest BCUT2D eigenvalue weighted by molar-refractivity contribution is 0.146. The summed E-state index contributed by atoms with van der Waals surface area (Å²) in [5, 5.41) is 3.32. The number of ether oxygens (including phenoxy) is 2. The van der Waals surface area contributed by atoms with Gasteiger partial charge >= 0.3 is 0 Å². The molecule has 0 saturated heterocycles. The van der Waals surface area contributed by atoms with E-state index in [9.17, 15) is 0 Å². The number of nitrogens with zero attached hydrogens (tertiary/aromatic N) is 2. The molecule has 0 unspecified atom stereocenters. The van der Waals surface area contributed by atoms with Crippen LogP contribution in [0.5, 0.6) is 5.75 Å². The van der Waals surface area contributed by atoms with Crippen molar-refractivity contribution in [2.24, 2.45) is 7.05 Å². The molecular weight excluding hydrogens is 242 g/mol. The predicted molar refractivity (Wildman–Crippen MR) is 74.3 cm³/mol. The summed E-state index contributed by atoms with van der Waals surface area (Å²) in [6.07, 6.45) is 3.73. The fourth-order valence-electron chi connectivity index (χ4n) is 1.66. The van der Waals surface area contributed by atoms with Gasteiger partial charge in [0.1, 0.15) is 18.2 Å². The molecule has 5 nitrogen and oxygen atoms in total. The minimum Gasteiger partial charge on any atom is -0.491 e. The zero-order valence-corrected chi connectivity index (χ0v) is 11.3. The van der Waals surface area contributed by atoms with Crippen molar-refractivity contribution in [2.75, 3.05) is 25.6 Å². The van der Waals surface area contributed by atoms with Gasteiger partial charge in [0, 0.05) is 32.2 Å². The fourth-order valence-corrected chi connectivity index (χ4v) is 1.66. The molecule has 0 aliphatic rings. The summed E-state index contributed by atoms with van der Waals surface area (Å²) < 4.78 is 12.4. The molecule has 0 bridgehead atoms. The smallest absolute Gasteiger partial charge is 0.127 e. The lowest BCUT2D eigenvalue weighted by Gasteiger charge is -2.08. The number of hydrogen-bond donors (Lipinski definition) is 1. The van der Waals surface area contributed by atoms with Crippen LogP contribution in [-0.4, -0.2) is 29.9 Å². The van der Waals surface area contributed by atoms with Crippen LogP contribution in [0.25, 0.3) is 0 Å². The Balaban J connectivity index is 1.83. The van der Waals surface area contributed by atoms with Gasteiger partial charge < -0.3 is 19.4 Å². The molecule has 5 heteroatoms. The van der Waals surface area contributed by atoms with E-state index in [0.717, 1.165) is 17.3 Å². The Labute approximate surface area is 113 Å². The van der Waals surface area contributed by atoms with Crippen LogP contribution in [0.2, 0.25) is 0 Å². The summed E-state index contributed by atoms with van der Waals surface area (Å²) in [6.45, 7) is 1.86. The SMILES string of the molecule is COCCOc1ccc(NCc2nccn2C)cc1. The number of imidazole rings is 1. The van der Waals surface area contributed by atoms with Crippen LogP contribution >= 0.6 is 0 Å². The van der Waals surface area contributed by atoms with E-state index in [1.165, 1.54) is 0 Å². The largest absolute Gasteiger partial charge is 0.491 e. The van der Waals surface area contributed by atoms with E-state index in [4.69, 9.17) is 9.47 Å². The zero-order chi connectivity index (χ0) is 13.5. The lowest BCUT2D eigenvalue weighted by Crippen LogP contribution is -2.06. The van der Waals surface area contributed by atoms with E-state index in [1.807, 2.05) is 42.1 Å². The zero-order valence-electron chi connectivity index (χ0n) is 11.3. The number of rotatable bonds is 7. The Kier molecular flexibility index (Phi) is 4.80. The van der Waals surface area contributed by atoms with Crippen LogP contribution in [0.3, 0.4) is 0 Å². The van der Waals surface area contributed by atoms with Gasteiger partial charge in [0.25, 0.3) is 0 Å². The molecule has 0 amide bonds. The maximum absolute atomic E-state index is 5.50. The molecule has 0 fully saturated rings. The van der Waals surface area contributed by atoms with Gasteiger partial charge in [-0.05, 0) is 24.3 Å². The molecule has 0 radical (unpaired) electrons. The van der Waals surface area contributed by atoms with Gasteiger partial charge in [-0.1, -0.05) is 0 Å². The van der Waals surface area contributed by atoms with Crippen molar-refractivity contribution in [1.82, 2.24) is 9.55 Å². The third-order valence-electron chi connectivity index (χ3n) is 2.78. The van der Waals surface area contributed by atoms with Gasteiger partial charge in [-0.25, -0.2) is 4.98 Å². The molecule has 2 rings (SSSR count). The van der Waals surface area contributed by atoms with Crippen molar-refractivity contribution in [1.29, 1.82) is 0 Å². The molecule has 1 aromatic heterocycles. The highest BCUT2D eigenvalue weighted by atomic mass is 16.5. The molecule has 102 valence electrons. The van der Waals surface area contributed by atoms with Crippen LogP contribution in [0, 0.1) is 0 Å². The first-order valence-corrected chi connectivity index (χ1v) is 6.21. The Hall–Kier alpha value is -2.01. The first-order chi connectivity index (χ1) is 9.29. The molecule has 1 aromatic carbocycles. The van der Waals surface area contributed by atoms with Gasteiger partial charge in [0.05, 0.1) is 13.2 Å². The second kappa shape index (κ2) is 6.80. The number of hydrogen-bond acceptors (Lipinski definition) is 4. The average Bonchev–Trinajstić information content (AvgIpc) is 2.84. The topological polar surface area (TPSA) is 48.3 Å². The molecule has 0 aliphatic carbocycles. The Bertz CT molecular complexity index is 494. The van der Waals surface area contributed by atoms with Gasteiger partial charge in [-0.3, -0.25) is 0 Å². The first kappa shape index (κ1) is 13.4. The van der Waals surface area contributed by atoms with Crippen LogP contribution in [-0.2, 0) is 18.3 Å². The molecule has 1 N–H and O–H groups in total. The Morgan fingerprint density at radius 1 is 1.21 bits per heavy atom. The summed E-state index contributed by atoms with van der Waals surface area (Å²) in [7, 11) is 3.64. The number of benzene rings is 1. The maximum Gasteiger partial charge on any atom is 0.127 e. The number of nitrogens with one attached hydrogen (secondary N) is 1. The van der Waals surface area contributed by atoms with E-state index >= 15 is 0 Å². The first-order valence-electron chi connectivity index (χ1n) is 6.21. The van der Waals surface area contributed by atoms with E-state index in [-0.39, 0.29) is 0 Å². The molecular formula is C14H19N3O2. The third kappa shape index (κ3) is 3.99. The Morgan fingerprint density at radius 2 is 2.00 bits per heavy atom. The third-order valence-corrected chi connectivity index (χ3v) is 2.78. The van der Waals surface area contributed by atoms with Crippen molar-refractivity contribution in [3.63, 3.8) is 0 Å². The molecule has 2 aromatic rings. The molecule has 0 saturated carbocycles. The molecule has 1 heterocycles. The van der Waals surface area contributed by atoms with Gasteiger partial charge in [-0.15, -0.1) is 0 Å². The van der Waals surface area contributed by atoms with Crippen molar-refractivity contribution in [3.8, 4) is 5.75 Å². The molecule has 0 aliphatic heterocycles. The second-order valence-electron chi connectivity index (χ2n) is 4.17. The van der Waals surface area contributed by atoms with E-state index in [2.05, 4.69) is 10.3 Å². The van der Waals surface area contributed by atoms with E-state index < -0.39 is 0 Å². The average molecular weight is 261 g/mol. The van der Waals surface area contributed by atoms with Crippen molar-refractivity contribution in [2.45, 2.75) is 6.54 Å². The minimum absolute atomic E-state index is 0.566. The standard InChI is InChI=1S/C14H19N3O2/c1-17-8-7-15-14(17)11-16-12-3-5-13(6-4-12)19-10-9-18-2/h3-8,16H,9-11H2,1-2H3. The predicted octanol–water partition coefficient (Wildman–Crippen LogP) is 2.06. The summed E-state index contributed by atoms with van der Waals surface area (Å²) in [4.78, 5) is 4.26. The number of aromatic nitrogens is 2. The Morgan fingerprint density at radius 3 is 2.63 bits per heavy atom. The van der Waals surface area contributed by atoms with Gasteiger partial charge in [0.2, 0.25) is 0 Å². The van der Waals surface area contributed by atoms with Crippen LogP contribution in [0.4, 0.5) is 5.69 Å². The number of anilines is 1. The number of aryl methyl sites for hydroxylation is 1.